The molecule has 0 radical (unpaired) electrons. The lowest BCUT2D eigenvalue weighted by Crippen LogP contribution is -2.42. The molecular formula is C14H20N4O2. The van der Waals surface area contributed by atoms with Crippen LogP contribution < -0.4 is 10.5 Å². The van der Waals surface area contributed by atoms with E-state index in [0.29, 0.717) is 18.1 Å². The van der Waals surface area contributed by atoms with E-state index >= 15 is 0 Å². The van der Waals surface area contributed by atoms with Crippen LogP contribution in [0.5, 0.6) is 5.75 Å². The molecule has 1 aromatic heterocycles. The summed E-state index contributed by atoms with van der Waals surface area (Å²) in [6.07, 6.45) is 6.35. The first kappa shape index (κ1) is 14.3. The highest BCUT2D eigenvalue weighted by molar-refractivity contribution is 5.74. The van der Waals surface area contributed by atoms with E-state index in [1.165, 1.54) is 6.20 Å². The average Bonchev–Trinajstić information content (AvgIpc) is 2.46. The number of nitrogens with two attached hydrogens (primary N) is 1. The summed E-state index contributed by atoms with van der Waals surface area (Å²) < 4.78 is 5.20. The smallest absolute Gasteiger partial charge is 0.311 e. The third-order valence-electron chi connectivity index (χ3n) is 3.58. The fourth-order valence-corrected chi connectivity index (χ4v) is 2.37. The molecule has 108 valence electrons. The highest BCUT2D eigenvalue weighted by Crippen LogP contribution is 2.22. The van der Waals surface area contributed by atoms with Gasteiger partial charge in [-0.2, -0.15) is 0 Å². The molecule has 3 N–H and O–H groups in total. The van der Waals surface area contributed by atoms with Crippen molar-refractivity contribution in [3.05, 3.63) is 24.5 Å². The van der Waals surface area contributed by atoms with E-state index in [1.54, 1.807) is 18.3 Å². The maximum Gasteiger partial charge on any atom is 0.311 e. The second kappa shape index (κ2) is 6.88. The molecule has 6 nitrogen and oxygen atoms in total. The molecule has 0 bridgehead atoms. The fraction of sp³-hybridized carbons (Fsp3) is 0.500. The van der Waals surface area contributed by atoms with Gasteiger partial charge in [-0.3, -0.25) is 15.2 Å². The Morgan fingerprint density at radius 2 is 2.25 bits per heavy atom. The molecule has 20 heavy (non-hydrogen) atoms. The minimum absolute atomic E-state index is 0.138. The molecule has 2 rings (SSSR count). The second-order valence-electron chi connectivity index (χ2n) is 5.02. The highest BCUT2D eigenvalue weighted by atomic mass is 16.5. The van der Waals surface area contributed by atoms with Crippen molar-refractivity contribution in [2.75, 3.05) is 13.1 Å². The molecule has 1 aliphatic heterocycles. The largest absolute Gasteiger partial charge is 0.425 e. The summed E-state index contributed by atoms with van der Waals surface area (Å²) in [6, 6.07) is 3.45. The van der Waals surface area contributed by atoms with E-state index in [1.807, 2.05) is 4.90 Å². The third kappa shape index (κ3) is 4.22. The number of aromatic nitrogens is 1. The van der Waals surface area contributed by atoms with E-state index in [0.717, 1.165) is 32.4 Å². The van der Waals surface area contributed by atoms with Gasteiger partial charge < -0.3 is 15.4 Å². The van der Waals surface area contributed by atoms with Crippen LogP contribution in [-0.2, 0) is 4.79 Å². The molecule has 0 spiro atoms. The summed E-state index contributed by atoms with van der Waals surface area (Å²) in [5.41, 5.74) is 5.45. The zero-order valence-electron chi connectivity index (χ0n) is 11.4. The molecule has 0 amide bonds. The van der Waals surface area contributed by atoms with Gasteiger partial charge >= 0.3 is 5.97 Å². The average molecular weight is 276 g/mol. The lowest BCUT2D eigenvalue weighted by Gasteiger charge is -2.31. The van der Waals surface area contributed by atoms with Crippen molar-refractivity contribution >= 4 is 11.9 Å². The second-order valence-corrected chi connectivity index (χ2v) is 5.02. The molecule has 1 aliphatic rings. The van der Waals surface area contributed by atoms with Crippen molar-refractivity contribution in [1.29, 1.82) is 5.41 Å². The van der Waals surface area contributed by atoms with Crippen LogP contribution in [0.4, 0.5) is 0 Å². The number of carbonyl (C=O) groups is 1. The predicted octanol–water partition coefficient (Wildman–Crippen LogP) is 1.37. The summed E-state index contributed by atoms with van der Waals surface area (Å²) in [4.78, 5) is 17.5. The highest BCUT2D eigenvalue weighted by Gasteiger charge is 2.20. The molecule has 1 saturated heterocycles. The van der Waals surface area contributed by atoms with Gasteiger partial charge in [0, 0.05) is 25.7 Å². The van der Waals surface area contributed by atoms with E-state index < -0.39 is 0 Å². The zero-order chi connectivity index (χ0) is 14.4. The Morgan fingerprint density at radius 3 is 2.85 bits per heavy atom. The predicted molar refractivity (Wildman–Crippen MR) is 75.3 cm³/mol. The number of guanidine groups is 1. The monoisotopic (exact) mass is 276 g/mol. The third-order valence-corrected chi connectivity index (χ3v) is 3.58. The van der Waals surface area contributed by atoms with Gasteiger partial charge in [0.2, 0.25) is 0 Å². The van der Waals surface area contributed by atoms with Crippen LogP contribution in [0.2, 0.25) is 0 Å². The van der Waals surface area contributed by atoms with Crippen molar-refractivity contribution in [2.24, 2.45) is 11.7 Å². The number of hydrogen-bond donors (Lipinski definition) is 2. The molecule has 2 heterocycles. The van der Waals surface area contributed by atoms with Crippen LogP contribution in [0.25, 0.3) is 0 Å². The minimum atomic E-state index is -0.216. The van der Waals surface area contributed by atoms with Crippen molar-refractivity contribution in [2.45, 2.75) is 25.7 Å². The van der Waals surface area contributed by atoms with Gasteiger partial charge in [0.15, 0.2) is 5.96 Å². The van der Waals surface area contributed by atoms with Crippen LogP contribution in [0.15, 0.2) is 24.5 Å². The molecule has 0 unspecified atom stereocenters. The lowest BCUT2D eigenvalue weighted by atomic mass is 9.92. The number of nitrogens with one attached hydrogen (secondary N) is 1. The van der Waals surface area contributed by atoms with E-state index in [-0.39, 0.29) is 11.9 Å². The number of piperidine rings is 1. The maximum atomic E-state index is 11.7. The van der Waals surface area contributed by atoms with Crippen LogP contribution in [-0.4, -0.2) is 34.9 Å². The Hall–Kier alpha value is -2.11. The number of likely N-dealkylation sites (tertiary alicyclic amines) is 1. The Kier molecular flexibility index (Phi) is 4.92. The van der Waals surface area contributed by atoms with Gasteiger partial charge in [0.1, 0.15) is 5.75 Å². The Labute approximate surface area is 118 Å². The Morgan fingerprint density at radius 1 is 1.50 bits per heavy atom. The topological polar surface area (TPSA) is 92.3 Å². The fourth-order valence-electron chi connectivity index (χ4n) is 2.37. The van der Waals surface area contributed by atoms with E-state index in [4.69, 9.17) is 15.9 Å². The van der Waals surface area contributed by atoms with Crippen molar-refractivity contribution in [3.63, 3.8) is 0 Å². The first-order chi connectivity index (χ1) is 9.65. The first-order valence-electron chi connectivity index (χ1n) is 6.85. The quantitative estimate of drug-likeness (QED) is 0.492. The number of carbonyl (C=O) groups excluding carboxylic acids is 1. The summed E-state index contributed by atoms with van der Waals surface area (Å²) in [7, 11) is 0. The summed E-state index contributed by atoms with van der Waals surface area (Å²) >= 11 is 0. The summed E-state index contributed by atoms with van der Waals surface area (Å²) in [5, 5.41) is 7.37. The normalized spacial score (nSPS) is 15.9. The van der Waals surface area contributed by atoms with Gasteiger partial charge in [0.25, 0.3) is 0 Å². The molecule has 0 aliphatic carbocycles. The number of esters is 1. The van der Waals surface area contributed by atoms with Crippen LogP contribution in [0.1, 0.15) is 25.7 Å². The number of rotatable bonds is 4. The number of nitrogens with zero attached hydrogens (tertiary/aromatic N) is 2. The zero-order valence-corrected chi connectivity index (χ0v) is 11.4. The molecular weight excluding hydrogens is 256 g/mol. The Balaban J connectivity index is 1.68. The van der Waals surface area contributed by atoms with Crippen LogP contribution >= 0.6 is 0 Å². The minimum Gasteiger partial charge on any atom is -0.425 e. The Bertz CT molecular complexity index is 456. The van der Waals surface area contributed by atoms with Gasteiger partial charge in [-0.05, 0) is 37.3 Å². The van der Waals surface area contributed by atoms with E-state index in [2.05, 4.69) is 4.98 Å². The van der Waals surface area contributed by atoms with Gasteiger partial charge in [-0.25, -0.2) is 0 Å². The van der Waals surface area contributed by atoms with E-state index in [9.17, 15) is 4.79 Å². The van der Waals surface area contributed by atoms with Crippen molar-refractivity contribution < 1.29 is 9.53 Å². The molecule has 1 aromatic rings. The van der Waals surface area contributed by atoms with Crippen molar-refractivity contribution in [3.8, 4) is 5.75 Å². The molecule has 1 fully saturated rings. The van der Waals surface area contributed by atoms with Gasteiger partial charge in [-0.1, -0.05) is 0 Å². The number of hydrogen-bond acceptors (Lipinski definition) is 4. The standard InChI is InChI=1S/C14H20N4O2/c15-14(16)18-8-5-11(6-9-18)3-4-13(19)20-12-2-1-7-17-10-12/h1-2,7,10-11H,3-6,8-9H2,(H3,15,16). The molecule has 6 heteroatoms. The summed E-state index contributed by atoms with van der Waals surface area (Å²) in [6.45, 7) is 1.61. The molecule has 0 saturated carbocycles. The lowest BCUT2D eigenvalue weighted by molar-refractivity contribution is -0.134. The van der Waals surface area contributed by atoms with Gasteiger partial charge in [0.05, 0.1) is 6.20 Å². The first-order valence-corrected chi connectivity index (χ1v) is 6.85. The maximum absolute atomic E-state index is 11.7. The SMILES string of the molecule is N=C(N)N1CCC(CCC(=O)Oc2cccnc2)CC1. The van der Waals surface area contributed by atoms with Crippen molar-refractivity contribution in [1.82, 2.24) is 9.88 Å². The van der Waals surface area contributed by atoms with Crippen LogP contribution in [0.3, 0.4) is 0 Å². The number of ether oxygens (including phenoxy) is 1. The van der Waals surface area contributed by atoms with Gasteiger partial charge in [-0.15, -0.1) is 0 Å². The molecule has 0 aromatic carbocycles. The number of pyridine rings is 1. The molecule has 0 atom stereocenters. The summed E-state index contributed by atoms with van der Waals surface area (Å²) in [5.74, 6) is 0.919. The van der Waals surface area contributed by atoms with Crippen LogP contribution in [0, 0.1) is 11.3 Å².